The number of amides is 2. The van der Waals surface area contributed by atoms with Crippen LogP contribution in [-0.2, 0) is 32.6 Å². The van der Waals surface area contributed by atoms with Crippen LogP contribution in [0.25, 0.3) is 0 Å². The van der Waals surface area contributed by atoms with Crippen molar-refractivity contribution in [3.05, 3.63) is 88.9 Å². The number of fused-ring (bicyclic) bond motifs is 1. The normalized spacial score (nSPS) is 13.0. The maximum atomic E-state index is 13.8. The highest BCUT2D eigenvalue weighted by atomic mass is 35.5. The van der Waals surface area contributed by atoms with Gasteiger partial charge in [-0.05, 0) is 42.7 Å². The van der Waals surface area contributed by atoms with Crippen molar-refractivity contribution in [1.82, 2.24) is 10.2 Å². The number of sulfonamides is 1. The number of anilines is 1. The third-order valence-electron chi connectivity index (χ3n) is 6.72. The Balaban J connectivity index is 1.56. The zero-order valence-corrected chi connectivity index (χ0v) is 24.7. The Kier molecular flexibility index (Phi) is 10.1. The average Bonchev–Trinajstić information content (AvgIpc) is 3.42. The molecule has 11 heteroatoms. The van der Waals surface area contributed by atoms with Crippen LogP contribution >= 0.6 is 11.6 Å². The van der Waals surface area contributed by atoms with Crippen molar-refractivity contribution < 1.29 is 27.5 Å². The Morgan fingerprint density at radius 3 is 2.41 bits per heavy atom. The van der Waals surface area contributed by atoms with E-state index in [4.69, 9.17) is 21.1 Å². The van der Waals surface area contributed by atoms with Gasteiger partial charge < -0.3 is 19.7 Å². The van der Waals surface area contributed by atoms with E-state index in [1.54, 1.807) is 35.2 Å². The largest absolute Gasteiger partial charge is 0.454 e. The molecule has 0 spiro atoms. The molecule has 41 heavy (non-hydrogen) atoms. The van der Waals surface area contributed by atoms with Crippen LogP contribution in [0.2, 0.25) is 5.02 Å². The van der Waals surface area contributed by atoms with Crippen LogP contribution in [0.4, 0.5) is 5.69 Å². The first kappa shape index (κ1) is 30.2. The highest BCUT2D eigenvalue weighted by molar-refractivity contribution is 7.92. The van der Waals surface area contributed by atoms with E-state index in [-0.39, 0.29) is 44.5 Å². The number of carbonyl (C=O) groups is 2. The second-order valence-electron chi connectivity index (χ2n) is 9.69. The molecule has 0 aromatic heterocycles. The monoisotopic (exact) mass is 599 g/mol. The van der Waals surface area contributed by atoms with Gasteiger partial charge in [-0.15, -0.1) is 0 Å². The van der Waals surface area contributed by atoms with E-state index in [1.807, 2.05) is 49.4 Å². The zero-order chi connectivity index (χ0) is 29.4. The molecule has 9 nitrogen and oxygen atoms in total. The molecule has 0 saturated heterocycles. The number of nitrogens with zero attached hydrogens (tertiary/aromatic N) is 2. The molecule has 4 rings (SSSR count). The van der Waals surface area contributed by atoms with Crippen LogP contribution in [0.1, 0.15) is 30.9 Å². The molecule has 3 aromatic rings. The first-order valence-corrected chi connectivity index (χ1v) is 15.6. The standard InChI is InChI=1S/C30H34ClN3O6S/c1-3-32-30(36)26(18-22-10-5-4-6-11-22)33(20-23-12-7-8-13-25(23)31)29(35)14-9-17-34(41(2,37)38)24-15-16-27-28(19-24)40-21-39-27/h4-8,10-13,15-16,19,26H,3,9,14,17-18,20-21H2,1-2H3,(H,32,36). The van der Waals surface area contributed by atoms with Gasteiger partial charge in [-0.1, -0.05) is 60.1 Å². The molecule has 1 aliphatic rings. The summed E-state index contributed by atoms with van der Waals surface area (Å²) in [6, 6.07) is 20.8. The third kappa shape index (κ3) is 7.92. The summed E-state index contributed by atoms with van der Waals surface area (Å²) in [5, 5.41) is 3.35. The van der Waals surface area contributed by atoms with Crippen molar-refractivity contribution in [2.24, 2.45) is 0 Å². The van der Waals surface area contributed by atoms with E-state index >= 15 is 0 Å². The second-order valence-corrected chi connectivity index (χ2v) is 12.0. The van der Waals surface area contributed by atoms with E-state index in [1.165, 1.54) is 4.31 Å². The highest BCUT2D eigenvalue weighted by Crippen LogP contribution is 2.36. The van der Waals surface area contributed by atoms with Crippen LogP contribution in [0, 0.1) is 0 Å². The van der Waals surface area contributed by atoms with Gasteiger partial charge in [0.2, 0.25) is 28.6 Å². The summed E-state index contributed by atoms with van der Waals surface area (Å²) in [5.74, 6) is 0.456. The lowest BCUT2D eigenvalue weighted by Gasteiger charge is -2.32. The first-order chi connectivity index (χ1) is 19.7. The van der Waals surface area contributed by atoms with Crippen molar-refractivity contribution in [2.45, 2.75) is 38.8 Å². The average molecular weight is 600 g/mol. The molecule has 1 aliphatic heterocycles. The lowest BCUT2D eigenvalue weighted by molar-refractivity contribution is -0.141. The van der Waals surface area contributed by atoms with E-state index in [0.717, 1.165) is 11.8 Å². The number of rotatable bonds is 13. The van der Waals surface area contributed by atoms with E-state index in [2.05, 4.69) is 5.32 Å². The molecule has 0 saturated carbocycles. The maximum absolute atomic E-state index is 13.8. The van der Waals surface area contributed by atoms with Crippen LogP contribution in [0.3, 0.4) is 0 Å². The Morgan fingerprint density at radius 2 is 1.71 bits per heavy atom. The molecule has 1 N–H and O–H groups in total. The molecule has 0 bridgehead atoms. The number of nitrogens with one attached hydrogen (secondary N) is 1. The smallest absolute Gasteiger partial charge is 0.243 e. The van der Waals surface area contributed by atoms with Crippen molar-refractivity contribution >= 4 is 39.1 Å². The van der Waals surface area contributed by atoms with Gasteiger partial charge in [0.25, 0.3) is 0 Å². The molecular formula is C30H34ClN3O6S. The molecular weight excluding hydrogens is 566 g/mol. The SMILES string of the molecule is CCNC(=O)C(Cc1ccccc1)N(Cc1ccccc1Cl)C(=O)CCCN(c1ccc2c(c1)OCO2)S(C)(=O)=O. The van der Waals surface area contributed by atoms with Crippen LogP contribution in [0.5, 0.6) is 11.5 Å². The summed E-state index contributed by atoms with van der Waals surface area (Å²) < 4.78 is 37.4. The molecule has 0 radical (unpaired) electrons. The third-order valence-corrected chi connectivity index (χ3v) is 8.28. The van der Waals surface area contributed by atoms with Gasteiger partial charge in [-0.25, -0.2) is 8.42 Å². The molecule has 2 amide bonds. The number of benzene rings is 3. The number of ether oxygens (including phenoxy) is 2. The molecule has 218 valence electrons. The van der Waals surface area contributed by atoms with Crippen LogP contribution in [-0.4, -0.2) is 57.3 Å². The van der Waals surface area contributed by atoms with Gasteiger partial charge in [0.1, 0.15) is 6.04 Å². The lowest BCUT2D eigenvalue weighted by Crippen LogP contribution is -2.50. The van der Waals surface area contributed by atoms with E-state index in [0.29, 0.717) is 40.7 Å². The molecule has 1 heterocycles. The second kappa shape index (κ2) is 13.7. The van der Waals surface area contributed by atoms with Gasteiger partial charge >= 0.3 is 0 Å². The molecule has 0 aliphatic carbocycles. The fourth-order valence-corrected chi connectivity index (χ4v) is 5.85. The van der Waals surface area contributed by atoms with Crippen molar-refractivity contribution in [2.75, 3.05) is 30.4 Å². The summed E-state index contributed by atoms with van der Waals surface area (Å²) in [6.45, 7) is 2.51. The maximum Gasteiger partial charge on any atom is 0.243 e. The summed E-state index contributed by atoms with van der Waals surface area (Å²) >= 11 is 6.45. The lowest BCUT2D eigenvalue weighted by atomic mass is 10.0. The number of carbonyl (C=O) groups excluding carboxylic acids is 2. The summed E-state index contributed by atoms with van der Waals surface area (Å²) in [7, 11) is -3.66. The number of hydrogen-bond acceptors (Lipinski definition) is 6. The van der Waals surface area contributed by atoms with Crippen LogP contribution in [0.15, 0.2) is 72.8 Å². The van der Waals surface area contributed by atoms with Crippen molar-refractivity contribution in [3.63, 3.8) is 0 Å². The first-order valence-electron chi connectivity index (χ1n) is 13.4. The van der Waals surface area contributed by atoms with E-state index in [9.17, 15) is 18.0 Å². The zero-order valence-electron chi connectivity index (χ0n) is 23.1. The predicted octanol–water partition coefficient (Wildman–Crippen LogP) is 4.39. The van der Waals surface area contributed by atoms with Gasteiger partial charge in [0.15, 0.2) is 11.5 Å². The quantitative estimate of drug-likeness (QED) is 0.312. The summed E-state index contributed by atoms with van der Waals surface area (Å²) in [6.07, 6.45) is 1.68. The Bertz CT molecular complexity index is 1470. The van der Waals surface area contributed by atoms with Crippen LogP contribution < -0.4 is 19.1 Å². The predicted molar refractivity (Wildman–Crippen MR) is 159 cm³/mol. The Morgan fingerprint density at radius 1 is 1.00 bits per heavy atom. The number of halogens is 1. The number of likely N-dealkylation sites (N-methyl/N-ethyl adjacent to an activating group) is 1. The van der Waals surface area contributed by atoms with Gasteiger partial charge in [-0.3, -0.25) is 13.9 Å². The topological polar surface area (TPSA) is 105 Å². The fraction of sp³-hybridized carbons (Fsp3) is 0.333. The summed E-state index contributed by atoms with van der Waals surface area (Å²) in [5.41, 5.74) is 2.04. The fourth-order valence-electron chi connectivity index (χ4n) is 4.70. The van der Waals surface area contributed by atoms with Crippen molar-refractivity contribution in [1.29, 1.82) is 0 Å². The number of hydrogen-bond donors (Lipinski definition) is 1. The molecule has 1 unspecified atom stereocenters. The Labute approximate surface area is 246 Å². The molecule has 0 fully saturated rings. The minimum atomic E-state index is -3.66. The van der Waals surface area contributed by atoms with Gasteiger partial charge in [0.05, 0.1) is 11.9 Å². The molecule has 1 atom stereocenters. The van der Waals surface area contributed by atoms with Gasteiger partial charge in [-0.2, -0.15) is 0 Å². The van der Waals surface area contributed by atoms with Crippen molar-refractivity contribution in [3.8, 4) is 11.5 Å². The molecule has 3 aromatic carbocycles. The van der Waals surface area contributed by atoms with Gasteiger partial charge in [0, 0.05) is 43.6 Å². The minimum Gasteiger partial charge on any atom is -0.454 e. The Hall–Kier alpha value is -3.76. The highest BCUT2D eigenvalue weighted by Gasteiger charge is 2.31. The minimum absolute atomic E-state index is 0.0196. The van der Waals surface area contributed by atoms with E-state index < -0.39 is 16.1 Å². The summed E-state index contributed by atoms with van der Waals surface area (Å²) in [4.78, 5) is 28.7.